The molecule has 0 radical (unpaired) electrons. The van der Waals surface area contributed by atoms with E-state index in [1.807, 2.05) is 4.90 Å². The quantitative estimate of drug-likeness (QED) is 0.795. The second-order valence-corrected chi connectivity index (χ2v) is 6.42. The summed E-state index contributed by atoms with van der Waals surface area (Å²) in [6.45, 7) is 4.57. The molecule has 0 atom stereocenters. The van der Waals surface area contributed by atoms with Gasteiger partial charge in [0.15, 0.2) is 11.5 Å². The molecule has 0 N–H and O–H groups in total. The molecule has 1 aromatic carbocycles. The minimum Gasteiger partial charge on any atom is -0.493 e. The molecule has 0 spiro atoms. The first-order valence-electron chi connectivity index (χ1n) is 8.48. The maximum Gasteiger partial charge on any atom is 0.257 e. The first-order chi connectivity index (χ1) is 11.7. The van der Waals surface area contributed by atoms with Gasteiger partial charge in [-0.3, -0.25) is 9.69 Å². The van der Waals surface area contributed by atoms with Crippen molar-refractivity contribution in [3.63, 3.8) is 0 Å². The lowest BCUT2D eigenvalue weighted by molar-refractivity contribution is 0.0628. The van der Waals surface area contributed by atoms with Gasteiger partial charge >= 0.3 is 0 Å². The van der Waals surface area contributed by atoms with E-state index in [0.717, 1.165) is 32.1 Å². The molecular weight excluding hydrogens is 308 g/mol. The maximum atomic E-state index is 12.9. The van der Waals surface area contributed by atoms with Gasteiger partial charge in [0.25, 0.3) is 5.91 Å². The number of piperazine rings is 1. The molecule has 6 heteroatoms. The highest BCUT2D eigenvalue weighted by Gasteiger charge is 2.29. The first-order valence-corrected chi connectivity index (χ1v) is 8.48. The second-order valence-electron chi connectivity index (χ2n) is 6.42. The van der Waals surface area contributed by atoms with Gasteiger partial charge in [0, 0.05) is 32.7 Å². The van der Waals surface area contributed by atoms with Crippen molar-refractivity contribution in [2.75, 3.05) is 54.1 Å². The number of ether oxygens (including phenoxy) is 3. The average Bonchev–Trinajstić information content (AvgIpc) is 3.44. The fourth-order valence-electron chi connectivity index (χ4n) is 3.24. The lowest BCUT2D eigenvalue weighted by Crippen LogP contribution is -2.49. The normalized spacial score (nSPS) is 18.4. The summed E-state index contributed by atoms with van der Waals surface area (Å²) in [6, 6.07) is 3.50. The average molecular weight is 334 g/mol. The van der Waals surface area contributed by atoms with E-state index in [-0.39, 0.29) is 5.91 Å². The third-order valence-electron chi connectivity index (χ3n) is 4.81. The van der Waals surface area contributed by atoms with Crippen LogP contribution in [0.15, 0.2) is 12.1 Å². The van der Waals surface area contributed by atoms with Crippen LogP contribution in [-0.4, -0.2) is 69.8 Å². The van der Waals surface area contributed by atoms with Gasteiger partial charge in [-0.1, -0.05) is 0 Å². The number of hydrogen-bond acceptors (Lipinski definition) is 5. The molecule has 0 bridgehead atoms. The van der Waals surface area contributed by atoms with Crippen molar-refractivity contribution in [1.82, 2.24) is 9.80 Å². The minimum absolute atomic E-state index is 0.0149. The van der Waals surface area contributed by atoms with Crippen LogP contribution in [0.1, 0.15) is 23.2 Å². The summed E-state index contributed by atoms with van der Waals surface area (Å²) in [5, 5.41) is 0. The first kappa shape index (κ1) is 16.9. The van der Waals surface area contributed by atoms with E-state index >= 15 is 0 Å². The molecule has 1 aromatic rings. The summed E-state index contributed by atoms with van der Waals surface area (Å²) in [6.07, 6.45) is 2.73. The molecule has 1 amide bonds. The molecule has 1 saturated carbocycles. The molecule has 3 rings (SSSR count). The Labute approximate surface area is 143 Å². The van der Waals surface area contributed by atoms with E-state index in [1.54, 1.807) is 33.5 Å². The molecule has 1 heterocycles. The summed E-state index contributed by atoms with van der Waals surface area (Å²) in [5.74, 6) is 2.32. The Kier molecular flexibility index (Phi) is 5.14. The van der Waals surface area contributed by atoms with Crippen molar-refractivity contribution < 1.29 is 19.0 Å². The number of rotatable bonds is 6. The summed E-state index contributed by atoms with van der Waals surface area (Å²) in [7, 11) is 4.66. The predicted molar refractivity (Wildman–Crippen MR) is 91.2 cm³/mol. The molecule has 1 saturated heterocycles. The van der Waals surface area contributed by atoms with Crippen molar-refractivity contribution in [2.45, 2.75) is 12.8 Å². The molecule has 2 fully saturated rings. The van der Waals surface area contributed by atoms with E-state index in [9.17, 15) is 4.79 Å². The summed E-state index contributed by atoms with van der Waals surface area (Å²) in [4.78, 5) is 17.3. The van der Waals surface area contributed by atoms with Gasteiger partial charge in [0.2, 0.25) is 5.75 Å². The Morgan fingerprint density at radius 2 is 1.67 bits per heavy atom. The maximum absolute atomic E-state index is 12.9. The minimum atomic E-state index is -0.0149. The van der Waals surface area contributed by atoms with E-state index < -0.39 is 0 Å². The number of methoxy groups -OCH3 is 3. The van der Waals surface area contributed by atoms with E-state index in [2.05, 4.69) is 4.90 Å². The zero-order chi connectivity index (χ0) is 17.1. The van der Waals surface area contributed by atoms with Crippen LogP contribution in [0.5, 0.6) is 17.2 Å². The zero-order valence-electron chi connectivity index (χ0n) is 14.7. The SMILES string of the molecule is COc1ccc(C(=O)N2CCN(CC3CC3)CC2)c(OC)c1OC. The number of nitrogens with zero attached hydrogens (tertiary/aromatic N) is 2. The topological polar surface area (TPSA) is 51.2 Å². The van der Waals surface area contributed by atoms with Crippen molar-refractivity contribution in [3.05, 3.63) is 17.7 Å². The van der Waals surface area contributed by atoms with Crippen LogP contribution in [0.3, 0.4) is 0 Å². The van der Waals surface area contributed by atoms with Gasteiger partial charge in [-0.05, 0) is 30.9 Å². The van der Waals surface area contributed by atoms with Crippen LogP contribution >= 0.6 is 0 Å². The van der Waals surface area contributed by atoms with Gasteiger partial charge in [0.05, 0.1) is 26.9 Å². The van der Waals surface area contributed by atoms with Gasteiger partial charge < -0.3 is 19.1 Å². The standard InChI is InChI=1S/C18H26N2O4/c1-22-15-7-6-14(16(23-2)17(15)24-3)18(21)20-10-8-19(9-11-20)12-13-4-5-13/h6-7,13H,4-5,8-12H2,1-3H3. The van der Waals surface area contributed by atoms with Crippen LogP contribution in [0.4, 0.5) is 0 Å². The van der Waals surface area contributed by atoms with Gasteiger partial charge in [-0.15, -0.1) is 0 Å². The number of hydrogen-bond donors (Lipinski definition) is 0. The van der Waals surface area contributed by atoms with Crippen LogP contribution < -0.4 is 14.2 Å². The smallest absolute Gasteiger partial charge is 0.257 e. The Morgan fingerprint density at radius 1 is 1.00 bits per heavy atom. The second kappa shape index (κ2) is 7.30. The highest BCUT2D eigenvalue weighted by Crippen LogP contribution is 2.40. The molecule has 0 unspecified atom stereocenters. The van der Waals surface area contributed by atoms with Crippen LogP contribution in [-0.2, 0) is 0 Å². The van der Waals surface area contributed by atoms with Gasteiger partial charge in [0.1, 0.15) is 0 Å². The Morgan fingerprint density at radius 3 is 2.21 bits per heavy atom. The summed E-state index contributed by atoms with van der Waals surface area (Å²) in [5.41, 5.74) is 0.519. The number of carbonyl (C=O) groups excluding carboxylic acids is 1. The number of carbonyl (C=O) groups is 1. The fraction of sp³-hybridized carbons (Fsp3) is 0.611. The van der Waals surface area contributed by atoms with Crippen molar-refractivity contribution >= 4 is 5.91 Å². The largest absolute Gasteiger partial charge is 0.493 e. The highest BCUT2D eigenvalue weighted by molar-refractivity contribution is 5.98. The lowest BCUT2D eigenvalue weighted by Gasteiger charge is -2.35. The van der Waals surface area contributed by atoms with E-state index in [0.29, 0.717) is 22.8 Å². The highest BCUT2D eigenvalue weighted by atomic mass is 16.5. The monoisotopic (exact) mass is 334 g/mol. The van der Waals surface area contributed by atoms with Crippen LogP contribution in [0, 0.1) is 5.92 Å². The zero-order valence-corrected chi connectivity index (χ0v) is 14.7. The molecule has 0 aromatic heterocycles. The van der Waals surface area contributed by atoms with Crippen LogP contribution in [0.25, 0.3) is 0 Å². The fourth-order valence-corrected chi connectivity index (χ4v) is 3.24. The molecule has 1 aliphatic heterocycles. The van der Waals surface area contributed by atoms with Crippen LogP contribution in [0.2, 0.25) is 0 Å². The predicted octanol–water partition coefficient (Wildman–Crippen LogP) is 1.88. The Hall–Kier alpha value is -1.95. The Bertz CT molecular complexity index is 593. The van der Waals surface area contributed by atoms with Crippen molar-refractivity contribution in [2.24, 2.45) is 5.92 Å². The van der Waals surface area contributed by atoms with Gasteiger partial charge in [-0.2, -0.15) is 0 Å². The molecular formula is C18H26N2O4. The van der Waals surface area contributed by atoms with Crippen molar-refractivity contribution in [3.8, 4) is 17.2 Å². The van der Waals surface area contributed by atoms with Gasteiger partial charge in [-0.25, -0.2) is 0 Å². The molecule has 1 aliphatic carbocycles. The third-order valence-corrected chi connectivity index (χ3v) is 4.81. The summed E-state index contributed by atoms with van der Waals surface area (Å²) < 4.78 is 16.1. The molecule has 132 valence electrons. The summed E-state index contributed by atoms with van der Waals surface area (Å²) >= 11 is 0. The van der Waals surface area contributed by atoms with E-state index in [1.165, 1.54) is 19.4 Å². The number of benzene rings is 1. The number of amides is 1. The third kappa shape index (κ3) is 3.43. The van der Waals surface area contributed by atoms with E-state index in [4.69, 9.17) is 14.2 Å². The lowest BCUT2D eigenvalue weighted by atomic mass is 10.1. The molecule has 24 heavy (non-hydrogen) atoms. The molecule has 6 nitrogen and oxygen atoms in total. The molecule has 2 aliphatic rings. The Balaban J connectivity index is 1.72. The van der Waals surface area contributed by atoms with Crippen molar-refractivity contribution in [1.29, 1.82) is 0 Å².